The Morgan fingerprint density at radius 1 is 0.480 bits per heavy atom. The summed E-state index contributed by atoms with van der Waals surface area (Å²) in [4.78, 5) is 74.1. The molecule has 0 radical (unpaired) electrons. The van der Waals surface area contributed by atoms with Gasteiger partial charge in [0.2, 0.25) is 0 Å². The summed E-state index contributed by atoms with van der Waals surface area (Å²) in [6.07, 6.45) is 14.5. The molecule has 0 aromatic carbocycles. The number of carboxylic acid groups (broad SMARTS) is 6. The second kappa shape index (κ2) is 24.9. The van der Waals surface area contributed by atoms with E-state index in [2.05, 4.69) is 29.1 Å². The molecule has 4 heterocycles. The first-order valence-corrected chi connectivity index (χ1v) is 13.8. The molecule has 50 heavy (non-hydrogen) atoms. The lowest BCUT2D eigenvalue weighted by molar-refractivity contribution is -0.134. The first-order valence-electron chi connectivity index (χ1n) is 13.8. The molecule has 0 bridgehead atoms. The van der Waals surface area contributed by atoms with Crippen LogP contribution in [0.4, 0.5) is 0 Å². The fraction of sp³-hybridized carbons (Fsp3) is 0.125. The number of imidazole rings is 2. The average molecular weight is 695 g/mol. The van der Waals surface area contributed by atoms with Crippen LogP contribution in [0.25, 0.3) is 0 Å². The Kier molecular flexibility index (Phi) is 21.3. The summed E-state index contributed by atoms with van der Waals surface area (Å²) in [6.45, 7) is 5.57. The minimum absolute atomic E-state index is 0.558. The monoisotopic (exact) mass is 694 g/mol. The van der Waals surface area contributed by atoms with Gasteiger partial charge in [-0.05, 0) is 38.1 Å². The van der Waals surface area contributed by atoms with Crippen molar-refractivity contribution in [1.29, 1.82) is 0 Å². The number of aromatic nitrogens is 6. The number of nitrogens with zero attached hydrogens (tertiary/aromatic N) is 6. The third kappa shape index (κ3) is 24.1. The summed E-state index contributed by atoms with van der Waals surface area (Å²) in [5.74, 6) is -5.50. The molecule has 0 saturated carbocycles. The van der Waals surface area contributed by atoms with Crippen molar-refractivity contribution >= 4 is 35.8 Å². The van der Waals surface area contributed by atoms with Gasteiger partial charge in [0.15, 0.2) is 0 Å². The molecule has 0 saturated heterocycles. The Balaban J connectivity index is 0.000000616. The van der Waals surface area contributed by atoms with Crippen molar-refractivity contribution in [3.05, 3.63) is 133 Å². The van der Waals surface area contributed by atoms with E-state index >= 15 is 0 Å². The Morgan fingerprint density at radius 2 is 0.760 bits per heavy atom. The van der Waals surface area contributed by atoms with Gasteiger partial charge in [0.1, 0.15) is 11.6 Å². The van der Waals surface area contributed by atoms with E-state index in [1.807, 2.05) is 75.0 Å². The molecule has 18 heteroatoms. The fourth-order valence-corrected chi connectivity index (χ4v) is 2.90. The zero-order chi connectivity index (χ0) is 37.9. The predicted octanol–water partition coefficient (Wildman–Crippen LogP) is 2.41. The molecule has 4 aromatic heterocycles. The van der Waals surface area contributed by atoms with Crippen LogP contribution in [0.2, 0.25) is 0 Å². The molecule has 264 valence electrons. The summed E-state index contributed by atoms with van der Waals surface area (Å²) < 4.78 is 4.14. The van der Waals surface area contributed by atoms with E-state index in [9.17, 15) is 28.8 Å². The second-order valence-corrected chi connectivity index (χ2v) is 8.88. The molecule has 0 amide bonds. The van der Waals surface area contributed by atoms with Crippen molar-refractivity contribution in [2.75, 3.05) is 0 Å². The Bertz CT molecular complexity index is 1540. The molecule has 0 aliphatic carbocycles. The number of hydrogen-bond acceptors (Lipinski definition) is 10. The van der Waals surface area contributed by atoms with Gasteiger partial charge in [-0.2, -0.15) is 0 Å². The van der Waals surface area contributed by atoms with E-state index in [1.165, 1.54) is 0 Å². The number of pyridine rings is 2. The fourth-order valence-electron chi connectivity index (χ4n) is 2.90. The lowest BCUT2D eigenvalue weighted by Gasteiger charge is -2.02. The molecule has 0 spiro atoms. The van der Waals surface area contributed by atoms with E-state index in [1.54, 1.807) is 12.4 Å². The van der Waals surface area contributed by atoms with Crippen LogP contribution < -0.4 is 0 Å². The van der Waals surface area contributed by atoms with Crippen molar-refractivity contribution in [2.45, 2.75) is 26.9 Å². The maximum Gasteiger partial charge on any atom is 0.328 e. The first-order chi connectivity index (χ1) is 23.6. The van der Waals surface area contributed by atoms with Crippen molar-refractivity contribution < 1.29 is 59.4 Å². The lowest BCUT2D eigenvalue weighted by atomic mass is 10.3. The standard InChI is InChI=1S/2C10H11N3.3C4H4O4/c2*1-9-11-6-7-13(9)8-10-4-2-3-5-12-10;3*5-3(6)1-2-4(7)8/h2*2-7H,8H2,1H3;3*1-2H,(H,5,6)(H,7,8)/b;;3*2-1+. The zero-order valence-corrected chi connectivity index (χ0v) is 26.6. The quantitative estimate of drug-likeness (QED) is 0.130. The van der Waals surface area contributed by atoms with E-state index in [4.69, 9.17) is 30.6 Å². The molecular weight excluding hydrogens is 660 g/mol. The molecule has 18 nitrogen and oxygen atoms in total. The minimum atomic E-state index is -1.26. The van der Waals surface area contributed by atoms with Gasteiger partial charge in [0.25, 0.3) is 0 Å². The summed E-state index contributed by atoms with van der Waals surface area (Å²) in [6, 6.07) is 11.9. The Morgan fingerprint density at radius 3 is 0.940 bits per heavy atom. The molecule has 6 N–H and O–H groups in total. The summed E-state index contributed by atoms with van der Waals surface area (Å²) in [5, 5.41) is 46.9. The van der Waals surface area contributed by atoms with E-state index in [0.29, 0.717) is 36.5 Å². The van der Waals surface area contributed by atoms with E-state index in [0.717, 1.165) is 36.1 Å². The van der Waals surface area contributed by atoms with E-state index in [-0.39, 0.29) is 0 Å². The third-order valence-electron chi connectivity index (χ3n) is 5.07. The van der Waals surface area contributed by atoms with Crippen molar-refractivity contribution in [3.8, 4) is 0 Å². The largest absolute Gasteiger partial charge is 0.478 e. The molecule has 0 aliphatic rings. The zero-order valence-electron chi connectivity index (χ0n) is 26.6. The Labute approximate surface area is 284 Å². The number of hydrogen-bond donors (Lipinski definition) is 6. The number of carbonyl (C=O) groups is 6. The number of carboxylic acids is 6. The van der Waals surface area contributed by atoms with Crippen LogP contribution in [0.15, 0.2) is 110 Å². The minimum Gasteiger partial charge on any atom is -0.478 e. The number of aliphatic carboxylic acids is 6. The second-order valence-electron chi connectivity index (χ2n) is 8.88. The van der Waals surface area contributed by atoms with Crippen LogP contribution in [0, 0.1) is 13.8 Å². The number of rotatable bonds is 10. The van der Waals surface area contributed by atoms with Crippen LogP contribution in [0.1, 0.15) is 23.0 Å². The van der Waals surface area contributed by atoms with Gasteiger partial charge in [0.05, 0.1) is 24.5 Å². The van der Waals surface area contributed by atoms with Gasteiger partial charge in [-0.15, -0.1) is 0 Å². The van der Waals surface area contributed by atoms with Crippen molar-refractivity contribution in [2.24, 2.45) is 0 Å². The summed E-state index contributed by atoms with van der Waals surface area (Å²) in [5.41, 5.74) is 2.12. The van der Waals surface area contributed by atoms with Crippen LogP contribution >= 0.6 is 0 Å². The molecule has 0 unspecified atom stereocenters. The van der Waals surface area contributed by atoms with Crippen LogP contribution in [0.5, 0.6) is 0 Å². The highest BCUT2D eigenvalue weighted by molar-refractivity contribution is 5.90. The molecule has 4 aromatic rings. The normalized spacial score (nSPS) is 9.88. The summed E-state index contributed by atoms with van der Waals surface area (Å²) >= 11 is 0. The highest BCUT2D eigenvalue weighted by Gasteiger charge is 1.99. The smallest absolute Gasteiger partial charge is 0.328 e. The third-order valence-corrected chi connectivity index (χ3v) is 5.07. The highest BCUT2D eigenvalue weighted by Crippen LogP contribution is 2.02. The first kappa shape index (κ1) is 42.8. The molecule has 4 rings (SSSR count). The molecular formula is C32H34N6O12. The van der Waals surface area contributed by atoms with Crippen molar-refractivity contribution in [3.63, 3.8) is 0 Å². The van der Waals surface area contributed by atoms with Gasteiger partial charge in [-0.25, -0.2) is 38.7 Å². The maximum absolute atomic E-state index is 9.55. The van der Waals surface area contributed by atoms with Crippen LogP contribution in [-0.2, 0) is 41.9 Å². The predicted molar refractivity (Wildman–Crippen MR) is 174 cm³/mol. The van der Waals surface area contributed by atoms with Crippen molar-refractivity contribution in [1.82, 2.24) is 29.1 Å². The van der Waals surface area contributed by atoms with Gasteiger partial charge in [-0.1, -0.05) is 12.1 Å². The van der Waals surface area contributed by atoms with Gasteiger partial charge >= 0.3 is 35.8 Å². The van der Waals surface area contributed by atoms with Crippen LogP contribution in [-0.4, -0.2) is 95.5 Å². The lowest BCUT2D eigenvalue weighted by Crippen LogP contribution is -2.01. The average Bonchev–Trinajstić information content (AvgIpc) is 3.66. The number of aryl methyl sites for hydroxylation is 2. The van der Waals surface area contributed by atoms with Gasteiger partial charge in [0, 0.05) is 73.6 Å². The molecule has 0 atom stereocenters. The SMILES string of the molecule is Cc1nccn1Cc1ccccn1.Cc1nccn1Cc1ccccn1.O=C(O)/C=C/C(=O)O.O=C(O)/C=C/C(=O)O.O=C(O)/C=C/C(=O)O. The topological polar surface area (TPSA) is 285 Å². The highest BCUT2D eigenvalue weighted by atomic mass is 16.4. The van der Waals surface area contributed by atoms with Crippen LogP contribution in [0.3, 0.4) is 0 Å². The summed E-state index contributed by atoms with van der Waals surface area (Å²) in [7, 11) is 0. The molecule has 0 fully saturated rings. The van der Waals surface area contributed by atoms with Gasteiger partial charge in [-0.3, -0.25) is 9.97 Å². The molecule has 0 aliphatic heterocycles. The van der Waals surface area contributed by atoms with E-state index < -0.39 is 35.8 Å². The Hall–Kier alpha value is -7.24. The van der Waals surface area contributed by atoms with Gasteiger partial charge < -0.3 is 39.8 Å². The maximum atomic E-state index is 9.55.